The minimum Gasteiger partial charge on any atom is -0.312 e. The molecule has 1 amide bonds. The van der Waals surface area contributed by atoms with E-state index in [-0.39, 0.29) is 11.9 Å². The van der Waals surface area contributed by atoms with Crippen LogP contribution >= 0.6 is 23.4 Å². The van der Waals surface area contributed by atoms with Crippen LogP contribution < -0.4 is 10.6 Å². The highest BCUT2D eigenvalue weighted by molar-refractivity contribution is 7.99. The van der Waals surface area contributed by atoms with E-state index < -0.39 is 0 Å². The van der Waals surface area contributed by atoms with Crippen LogP contribution in [0.15, 0.2) is 18.2 Å². The maximum Gasteiger partial charge on any atom is 0.227 e. The third-order valence-electron chi connectivity index (χ3n) is 2.41. The van der Waals surface area contributed by atoms with Gasteiger partial charge in [0.1, 0.15) is 11.0 Å². The van der Waals surface area contributed by atoms with E-state index in [0.717, 1.165) is 18.1 Å². The van der Waals surface area contributed by atoms with Gasteiger partial charge in [0, 0.05) is 30.5 Å². The summed E-state index contributed by atoms with van der Waals surface area (Å²) in [5, 5.41) is 6.45. The Balaban J connectivity index is 1.84. The molecule has 1 aliphatic rings. The van der Waals surface area contributed by atoms with Crippen molar-refractivity contribution in [2.75, 3.05) is 23.4 Å². The van der Waals surface area contributed by atoms with E-state index in [1.165, 1.54) is 0 Å². The van der Waals surface area contributed by atoms with Crippen LogP contribution in [0.4, 0.5) is 5.82 Å². The number of amides is 1. The van der Waals surface area contributed by atoms with Crippen molar-refractivity contribution in [3.63, 3.8) is 0 Å². The van der Waals surface area contributed by atoms with Gasteiger partial charge in [-0.15, -0.1) is 0 Å². The fraction of sp³-hybridized carbons (Fsp3) is 0.455. The van der Waals surface area contributed by atoms with Crippen LogP contribution in [0, 0.1) is 0 Å². The SMILES string of the molecule is O=C(CC1CSCCN1)Nc1cccc(Cl)n1. The average Bonchev–Trinajstić information content (AvgIpc) is 2.30. The van der Waals surface area contributed by atoms with E-state index >= 15 is 0 Å². The average molecular weight is 272 g/mol. The Hall–Kier alpha value is -0.780. The zero-order valence-electron chi connectivity index (χ0n) is 9.28. The number of halogens is 1. The number of pyridine rings is 1. The number of thioether (sulfide) groups is 1. The van der Waals surface area contributed by atoms with Gasteiger partial charge in [0.05, 0.1) is 0 Å². The van der Waals surface area contributed by atoms with Crippen LogP contribution in [0.3, 0.4) is 0 Å². The first-order valence-corrected chi connectivity index (χ1v) is 7.01. The molecule has 1 unspecified atom stereocenters. The highest BCUT2D eigenvalue weighted by Gasteiger charge is 2.16. The highest BCUT2D eigenvalue weighted by atomic mass is 35.5. The Kier molecular flexibility index (Phi) is 4.65. The summed E-state index contributed by atoms with van der Waals surface area (Å²) in [7, 11) is 0. The summed E-state index contributed by atoms with van der Waals surface area (Å²) in [5.74, 6) is 2.58. The molecule has 0 aromatic carbocycles. The number of hydrogen-bond acceptors (Lipinski definition) is 4. The summed E-state index contributed by atoms with van der Waals surface area (Å²) < 4.78 is 0. The van der Waals surface area contributed by atoms with E-state index in [1.807, 2.05) is 11.8 Å². The van der Waals surface area contributed by atoms with Crippen LogP contribution in [-0.4, -0.2) is 35.0 Å². The Bertz CT molecular complexity index is 396. The molecule has 17 heavy (non-hydrogen) atoms. The maximum absolute atomic E-state index is 11.7. The standard InChI is InChI=1S/C11H14ClN3OS/c12-9-2-1-3-10(14-9)15-11(16)6-8-7-17-5-4-13-8/h1-3,8,13H,4-7H2,(H,14,15,16). The second-order valence-corrected chi connectivity index (χ2v) is 5.36. The number of rotatable bonds is 3. The second-order valence-electron chi connectivity index (χ2n) is 3.82. The predicted molar refractivity (Wildman–Crippen MR) is 71.6 cm³/mol. The monoisotopic (exact) mass is 271 g/mol. The van der Waals surface area contributed by atoms with Crippen LogP contribution in [0.5, 0.6) is 0 Å². The van der Waals surface area contributed by atoms with Gasteiger partial charge in [-0.25, -0.2) is 4.98 Å². The first kappa shape index (κ1) is 12.7. The van der Waals surface area contributed by atoms with Gasteiger partial charge in [-0.2, -0.15) is 11.8 Å². The molecule has 0 aliphatic carbocycles. The molecule has 0 spiro atoms. The fourth-order valence-electron chi connectivity index (χ4n) is 1.65. The second kappa shape index (κ2) is 6.23. The molecule has 6 heteroatoms. The van der Waals surface area contributed by atoms with E-state index in [9.17, 15) is 4.79 Å². The lowest BCUT2D eigenvalue weighted by atomic mass is 10.2. The molecule has 1 aromatic heterocycles. The van der Waals surface area contributed by atoms with E-state index in [4.69, 9.17) is 11.6 Å². The zero-order chi connectivity index (χ0) is 12.1. The van der Waals surface area contributed by atoms with Crippen LogP contribution in [0.25, 0.3) is 0 Å². The Morgan fingerprint density at radius 3 is 3.24 bits per heavy atom. The number of carbonyl (C=O) groups is 1. The van der Waals surface area contributed by atoms with E-state index in [2.05, 4.69) is 15.6 Å². The predicted octanol–water partition coefficient (Wildman–Crippen LogP) is 1.77. The minimum absolute atomic E-state index is 0.0280. The molecule has 1 saturated heterocycles. The van der Waals surface area contributed by atoms with Crippen molar-refractivity contribution in [3.05, 3.63) is 23.4 Å². The van der Waals surface area contributed by atoms with Crippen molar-refractivity contribution < 1.29 is 4.79 Å². The van der Waals surface area contributed by atoms with Gasteiger partial charge in [0.25, 0.3) is 0 Å². The molecule has 2 heterocycles. The van der Waals surface area contributed by atoms with Crippen molar-refractivity contribution in [1.82, 2.24) is 10.3 Å². The lowest BCUT2D eigenvalue weighted by Gasteiger charge is -2.22. The number of carbonyl (C=O) groups excluding carboxylic acids is 1. The topological polar surface area (TPSA) is 54.0 Å². The third kappa shape index (κ3) is 4.18. The largest absolute Gasteiger partial charge is 0.312 e. The van der Waals surface area contributed by atoms with Crippen molar-refractivity contribution in [2.45, 2.75) is 12.5 Å². The van der Waals surface area contributed by atoms with Gasteiger partial charge in [-0.05, 0) is 12.1 Å². The zero-order valence-corrected chi connectivity index (χ0v) is 10.9. The quantitative estimate of drug-likeness (QED) is 0.823. The van der Waals surface area contributed by atoms with Gasteiger partial charge in [-0.1, -0.05) is 17.7 Å². The number of hydrogen-bond donors (Lipinski definition) is 2. The van der Waals surface area contributed by atoms with Crippen LogP contribution in [0.2, 0.25) is 5.15 Å². The van der Waals surface area contributed by atoms with Gasteiger partial charge < -0.3 is 10.6 Å². The molecule has 0 bridgehead atoms. The number of aromatic nitrogens is 1. The fourth-order valence-corrected chi connectivity index (χ4v) is 2.76. The minimum atomic E-state index is -0.0280. The smallest absolute Gasteiger partial charge is 0.227 e. The Morgan fingerprint density at radius 1 is 1.65 bits per heavy atom. The molecule has 2 rings (SSSR count). The maximum atomic E-state index is 11.7. The molecule has 1 aromatic rings. The Morgan fingerprint density at radius 2 is 2.53 bits per heavy atom. The number of nitrogens with one attached hydrogen (secondary N) is 2. The first-order chi connectivity index (χ1) is 8.24. The van der Waals surface area contributed by atoms with E-state index in [1.54, 1.807) is 18.2 Å². The molecule has 2 N–H and O–H groups in total. The van der Waals surface area contributed by atoms with Crippen LogP contribution in [0.1, 0.15) is 6.42 Å². The first-order valence-electron chi connectivity index (χ1n) is 5.47. The normalized spacial score (nSPS) is 19.9. The Labute approximate surface area is 110 Å². The van der Waals surface area contributed by atoms with Crippen molar-refractivity contribution in [2.24, 2.45) is 0 Å². The third-order valence-corrected chi connectivity index (χ3v) is 3.75. The van der Waals surface area contributed by atoms with Crippen molar-refractivity contribution in [1.29, 1.82) is 0 Å². The van der Waals surface area contributed by atoms with Gasteiger partial charge >= 0.3 is 0 Å². The molecule has 4 nitrogen and oxygen atoms in total. The molecule has 1 atom stereocenters. The summed E-state index contributed by atoms with van der Waals surface area (Å²) in [6.45, 7) is 0.970. The summed E-state index contributed by atoms with van der Waals surface area (Å²) in [4.78, 5) is 15.8. The number of nitrogens with zero attached hydrogens (tertiary/aromatic N) is 1. The molecule has 1 fully saturated rings. The van der Waals surface area contributed by atoms with Gasteiger partial charge in [0.2, 0.25) is 5.91 Å². The summed E-state index contributed by atoms with van der Waals surface area (Å²) in [5.41, 5.74) is 0. The molecule has 92 valence electrons. The molecule has 0 radical (unpaired) electrons. The highest BCUT2D eigenvalue weighted by Crippen LogP contribution is 2.12. The lowest BCUT2D eigenvalue weighted by Crippen LogP contribution is -2.39. The summed E-state index contributed by atoms with van der Waals surface area (Å²) in [6, 6.07) is 5.43. The van der Waals surface area contributed by atoms with Crippen molar-refractivity contribution in [3.8, 4) is 0 Å². The number of anilines is 1. The van der Waals surface area contributed by atoms with E-state index in [0.29, 0.717) is 17.4 Å². The molecular weight excluding hydrogens is 258 g/mol. The van der Waals surface area contributed by atoms with Gasteiger partial charge in [-0.3, -0.25) is 4.79 Å². The van der Waals surface area contributed by atoms with Crippen LogP contribution in [-0.2, 0) is 4.79 Å². The van der Waals surface area contributed by atoms with Gasteiger partial charge in [0.15, 0.2) is 0 Å². The molecular formula is C11H14ClN3OS. The molecule has 0 saturated carbocycles. The van der Waals surface area contributed by atoms with Crippen molar-refractivity contribution >= 4 is 35.1 Å². The lowest BCUT2D eigenvalue weighted by molar-refractivity contribution is -0.116. The summed E-state index contributed by atoms with van der Waals surface area (Å²) in [6.07, 6.45) is 0.473. The molecule has 1 aliphatic heterocycles. The summed E-state index contributed by atoms with van der Waals surface area (Å²) >= 11 is 7.62.